The highest BCUT2D eigenvalue weighted by Crippen LogP contribution is 2.40. The van der Waals surface area contributed by atoms with E-state index in [1.165, 1.54) is 0 Å². The van der Waals surface area contributed by atoms with E-state index in [-0.39, 0.29) is 5.56 Å². The van der Waals surface area contributed by atoms with Gasteiger partial charge in [0.05, 0.1) is 5.56 Å². The van der Waals surface area contributed by atoms with E-state index in [2.05, 4.69) is 0 Å². The van der Waals surface area contributed by atoms with Gasteiger partial charge in [-0.1, -0.05) is 46.9 Å². The Bertz CT molecular complexity index is 356. The van der Waals surface area contributed by atoms with Crippen LogP contribution in [0.1, 0.15) is 17.2 Å². The van der Waals surface area contributed by atoms with E-state index in [0.29, 0.717) is 0 Å². The van der Waals surface area contributed by atoms with Gasteiger partial charge in [-0.05, 0) is 17.7 Å². The maximum atomic E-state index is 12.2. The molecule has 90 valence electrons. The molecule has 0 aliphatic heterocycles. The normalized spacial score (nSPS) is 14.9. The Balaban J connectivity index is 2.96. The maximum Gasteiger partial charge on any atom is 0.416 e. The number of hydrogen-bond acceptors (Lipinski definition) is 1. The lowest BCUT2D eigenvalue weighted by molar-refractivity contribution is -0.137. The van der Waals surface area contributed by atoms with E-state index in [9.17, 15) is 18.3 Å². The molecular weight excluding hydrogens is 287 g/mol. The molecule has 1 atom stereocenters. The van der Waals surface area contributed by atoms with E-state index in [1.807, 2.05) is 0 Å². The molecule has 1 nitrogen and oxygen atoms in total. The first kappa shape index (κ1) is 13.9. The minimum absolute atomic E-state index is 0.105. The molecule has 7 heteroatoms. The van der Waals surface area contributed by atoms with Gasteiger partial charge in [0.1, 0.15) is 6.10 Å². The molecule has 0 aliphatic carbocycles. The first-order valence-electron chi connectivity index (χ1n) is 4.04. The molecule has 0 bridgehead atoms. The van der Waals surface area contributed by atoms with Crippen LogP contribution in [0.2, 0.25) is 0 Å². The number of aliphatic hydroxyl groups is 1. The van der Waals surface area contributed by atoms with Crippen molar-refractivity contribution in [3.63, 3.8) is 0 Å². The average Bonchev–Trinajstić information content (AvgIpc) is 2.14. The second-order valence-corrected chi connectivity index (χ2v) is 5.43. The van der Waals surface area contributed by atoms with Crippen LogP contribution in [0.25, 0.3) is 0 Å². The molecule has 1 rings (SSSR count). The SMILES string of the molecule is OC(c1ccc(C(F)(F)F)cc1)C(Cl)(Cl)Cl. The summed E-state index contributed by atoms with van der Waals surface area (Å²) in [5, 5.41) is 9.47. The average molecular weight is 293 g/mol. The molecule has 0 saturated heterocycles. The fraction of sp³-hybridized carbons (Fsp3) is 0.333. The first-order valence-corrected chi connectivity index (χ1v) is 5.17. The number of aliphatic hydroxyl groups excluding tert-OH is 1. The number of alkyl halides is 6. The number of halogens is 6. The number of benzene rings is 1. The van der Waals surface area contributed by atoms with Crippen LogP contribution in [-0.2, 0) is 6.18 Å². The van der Waals surface area contributed by atoms with Gasteiger partial charge >= 0.3 is 6.18 Å². The van der Waals surface area contributed by atoms with Crippen LogP contribution >= 0.6 is 34.8 Å². The molecule has 1 aromatic carbocycles. The maximum absolute atomic E-state index is 12.2. The summed E-state index contributed by atoms with van der Waals surface area (Å²) in [6.45, 7) is 0. The predicted octanol–water partition coefficient (Wildman–Crippen LogP) is 4.11. The minimum atomic E-state index is -4.43. The van der Waals surface area contributed by atoms with Crippen molar-refractivity contribution in [1.82, 2.24) is 0 Å². The zero-order valence-electron chi connectivity index (χ0n) is 7.60. The molecule has 0 amide bonds. The van der Waals surface area contributed by atoms with Crippen molar-refractivity contribution in [2.45, 2.75) is 16.1 Å². The van der Waals surface area contributed by atoms with Crippen LogP contribution < -0.4 is 0 Å². The Morgan fingerprint density at radius 1 is 1.00 bits per heavy atom. The van der Waals surface area contributed by atoms with Gasteiger partial charge in [-0.3, -0.25) is 0 Å². The van der Waals surface area contributed by atoms with Crippen LogP contribution in [0.5, 0.6) is 0 Å². The van der Waals surface area contributed by atoms with Crippen molar-refractivity contribution in [3.05, 3.63) is 35.4 Å². The van der Waals surface area contributed by atoms with Crippen LogP contribution in [0.15, 0.2) is 24.3 Å². The van der Waals surface area contributed by atoms with Gasteiger partial charge in [-0.2, -0.15) is 13.2 Å². The smallest absolute Gasteiger partial charge is 0.384 e. The second-order valence-electron chi connectivity index (χ2n) is 3.06. The third-order valence-corrected chi connectivity index (χ3v) is 2.48. The van der Waals surface area contributed by atoms with Crippen molar-refractivity contribution >= 4 is 34.8 Å². The molecule has 0 aliphatic rings. The summed E-state index contributed by atoms with van der Waals surface area (Å²) >= 11 is 16.2. The molecule has 1 aromatic rings. The van der Waals surface area contributed by atoms with Crippen molar-refractivity contribution in [3.8, 4) is 0 Å². The quantitative estimate of drug-likeness (QED) is 0.773. The standard InChI is InChI=1S/C9H6Cl3F3O/c10-8(11,12)7(16)5-1-3-6(4-2-5)9(13,14)15/h1-4,7,16H. The molecule has 0 heterocycles. The lowest BCUT2D eigenvalue weighted by atomic mass is 10.1. The summed E-state index contributed by atoms with van der Waals surface area (Å²) in [5.74, 6) is 0. The molecule has 0 radical (unpaired) electrons. The van der Waals surface area contributed by atoms with Gasteiger partial charge in [-0.25, -0.2) is 0 Å². The Hall–Kier alpha value is -0.160. The minimum Gasteiger partial charge on any atom is -0.384 e. The molecule has 16 heavy (non-hydrogen) atoms. The zero-order valence-corrected chi connectivity index (χ0v) is 9.87. The fourth-order valence-corrected chi connectivity index (χ4v) is 1.42. The predicted molar refractivity (Wildman–Crippen MR) is 56.7 cm³/mol. The summed E-state index contributed by atoms with van der Waals surface area (Å²) in [5.41, 5.74) is -0.722. The van der Waals surface area contributed by atoms with Gasteiger partial charge in [0.15, 0.2) is 0 Å². The van der Waals surface area contributed by atoms with E-state index >= 15 is 0 Å². The largest absolute Gasteiger partial charge is 0.416 e. The summed E-state index contributed by atoms with van der Waals surface area (Å²) in [6.07, 6.45) is -5.90. The first-order chi connectivity index (χ1) is 7.12. The van der Waals surface area contributed by atoms with Gasteiger partial charge < -0.3 is 5.11 Å². The lowest BCUT2D eigenvalue weighted by Gasteiger charge is -2.19. The molecule has 1 unspecified atom stereocenters. The Kier molecular flexibility index (Phi) is 4.00. The van der Waals surface area contributed by atoms with Gasteiger partial charge in [-0.15, -0.1) is 0 Å². The zero-order chi connectivity index (χ0) is 12.6. The topological polar surface area (TPSA) is 20.2 Å². The van der Waals surface area contributed by atoms with Crippen LogP contribution in [-0.4, -0.2) is 8.90 Å². The highest BCUT2D eigenvalue weighted by Gasteiger charge is 2.34. The summed E-state index contributed by atoms with van der Waals surface area (Å²) in [6, 6.07) is 3.76. The molecule has 0 saturated carbocycles. The Morgan fingerprint density at radius 3 is 1.75 bits per heavy atom. The molecule has 0 spiro atoms. The number of hydrogen-bond donors (Lipinski definition) is 1. The Labute approximate surface area is 105 Å². The third-order valence-electron chi connectivity index (χ3n) is 1.86. The van der Waals surface area contributed by atoms with E-state index < -0.39 is 21.6 Å². The summed E-state index contributed by atoms with van der Waals surface area (Å²) in [7, 11) is 0. The fourth-order valence-electron chi connectivity index (χ4n) is 1.04. The third kappa shape index (κ3) is 3.42. The highest BCUT2D eigenvalue weighted by atomic mass is 35.6. The molecular formula is C9H6Cl3F3O. The molecule has 0 fully saturated rings. The van der Waals surface area contributed by atoms with Gasteiger partial charge in [0, 0.05) is 0 Å². The monoisotopic (exact) mass is 292 g/mol. The summed E-state index contributed by atoms with van der Waals surface area (Å²) < 4.78 is 34.7. The van der Waals surface area contributed by atoms with Crippen LogP contribution in [0.3, 0.4) is 0 Å². The van der Waals surface area contributed by atoms with E-state index in [1.54, 1.807) is 0 Å². The summed E-state index contributed by atoms with van der Waals surface area (Å²) in [4.78, 5) is 0. The molecule has 1 N–H and O–H groups in total. The number of rotatable bonds is 1. The van der Waals surface area contributed by atoms with Crippen molar-refractivity contribution in [2.24, 2.45) is 0 Å². The van der Waals surface area contributed by atoms with Gasteiger partial charge in [0.25, 0.3) is 0 Å². The second kappa shape index (κ2) is 4.61. The van der Waals surface area contributed by atoms with Gasteiger partial charge in [0.2, 0.25) is 3.79 Å². The van der Waals surface area contributed by atoms with E-state index in [4.69, 9.17) is 34.8 Å². The highest BCUT2D eigenvalue weighted by molar-refractivity contribution is 6.68. The van der Waals surface area contributed by atoms with Crippen LogP contribution in [0, 0.1) is 0 Å². The molecule has 0 aromatic heterocycles. The Morgan fingerprint density at radius 2 is 1.44 bits per heavy atom. The van der Waals surface area contributed by atoms with Crippen molar-refractivity contribution in [2.75, 3.05) is 0 Å². The van der Waals surface area contributed by atoms with Crippen LogP contribution in [0.4, 0.5) is 13.2 Å². The van der Waals surface area contributed by atoms with Crippen molar-refractivity contribution < 1.29 is 18.3 Å². The van der Waals surface area contributed by atoms with E-state index in [0.717, 1.165) is 24.3 Å². The lowest BCUT2D eigenvalue weighted by Crippen LogP contribution is -2.16. The van der Waals surface area contributed by atoms with Crippen molar-refractivity contribution in [1.29, 1.82) is 0 Å².